The quantitative estimate of drug-likeness (QED) is 0.838. The highest BCUT2D eigenvalue weighted by molar-refractivity contribution is 7.80. The lowest BCUT2D eigenvalue weighted by molar-refractivity contribution is 0.123. The van der Waals surface area contributed by atoms with Gasteiger partial charge in [0.2, 0.25) is 0 Å². The summed E-state index contributed by atoms with van der Waals surface area (Å²) in [6.07, 6.45) is 3.08. The maximum Gasteiger partial charge on any atom is 0.181 e. The van der Waals surface area contributed by atoms with Crippen LogP contribution >= 0.6 is 12.2 Å². The average Bonchev–Trinajstić information content (AvgIpc) is 3.02. The van der Waals surface area contributed by atoms with Gasteiger partial charge in [-0.05, 0) is 30.4 Å². The number of nitrogens with two attached hydrogens (primary N) is 1. The van der Waals surface area contributed by atoms with E-state index in [1.54, 1.807) is 6.20 Å². The van der Waals surface area contributed by atoms with E-state index in [4.69, 9.17) is 27.1 Å². The average molecular weight is 304 g/mol. The summed E-state index contributed by atoms with van der Waals surface area (Å²) in [6, 6.07) is 5.99. The molecule has 21 heavy (non-hydrogen) atoms. The molecule has 1 aromatic heterocycles. The Balaban J connectivity index is 1.96. The maximum atomic E-state index is 5.63. The van der Waals surface area contributed by atoms with E-state index in [0.717, 1.165) is 43.2 Å². The third kappa shape index (κ3) is 3.14. The Bertz CT molecular complexity index is 624. The minimum Gasteiger partial charge on any atom is -0.444 e. The number of nitrogens with one attached hydrogen (secondary N) is 1. The zero-order chi connectivity index (χ0) is 14.7. The number of rotatable bonds is 3. The molecule has 0 unspecified atom stereocenters. The monoisotopic (exact) mass is 304 g/mol. The molecule has 0 spiro atoms. The van der Waals surface area contributed by atoms with Crippen molar-refractivity contribution in [2.45, 2.75) is 0 Å². The molecule has 2 heterocycles. The molecule has 1 aliphatic rings. The molecule has 1 aromatic carbocycles. The maximum absolute atomic E-state index is 5.63. The molecule has 0 amide bonds. The molecule has 3 N–H and O–H groups in total. The smallest absolute Gasteiger partial charge is 0.181 e. The predicted molar refractivity (Wildman–Crippen MR) is 85.4 cm³/mol. The van der Waals surface area contributed by atoms with E-state index >= 15 is 0 Å². The molecule has 1 aliphatic heterocycles. The lowest BCUT2D eigenvalue weighted by atomic mass is 10.1. The van der Waals surface area contributed by atoms with Gasteiger partial charge >= 0.3 is 0 Å². The Morgan fingerprint density at radius 1 is 1.33 bits per heavy atom. The van der Waals surface area contributed by atoms with Gasteiger partial charge in [0.25, 0.3) is 0 Å². The number of thiocarbonyl (C=S) groups is 1. The van der Waals surface area contributed by atoms with Gasteiger partial charge in [-0.25, -0.2) is 4.98 Å². The van der Waals surface area contributed by atoms with Crippen molar-refractivity contribution in [2.75, 3.05) is 36.5 Å². The van der Waals surface area contributed by atoms with Gasteiger partial charge in [0.05, 0.1) is 30.8 Å². The lowest BCUT2D eigenvalue weighted by Gasteiger charge is -2.30. The van der Waals surface area contributed by atoms with Crippen LogP contribution in [-0.2, 0) is 4.74 Å². The first-order chi connectivity index (χ1) is 10.2. The van der Waals surface area contributed by atoms with Crippen LogP contribution in [0.25, 0.3) is 11.3 Å². The highest BCUT2D eigenvalue weighted by Crippen LogP contribution is 2.32. The van der Waals surface area contributed by atoms with Crippen LogP contribution in [-0.4, -0.2) is 36.4 Å². The van der Waals surface area contributed by atoms with Gasteiger partial charge < -0.3 is 25.1 Å². The first-order valence-corrected chi connectivity index (χ1v) is 7.07. The summed E-state index contributed by atoms with van der Waals surface area (Å²) in [6.45, 7) is 3.12. The predicted octanol–water partition coefficient (Wildman–Crippen LogP) is 1.83. The number of nitrogens with zero attached hydrogens (tertiary/aromatic N) is 2. The number of hydrogen-bond donors (Lipinski definition) is 2. The molecule has 1 fully saturated rings. The molecule has 0 saturated carbocycles. The molecular weight excluding hydrogens is 288 g/mol. The highest BCUT2D eigenvalue weighted by atomic mass is 32.1. The third-order valence-electron chi connectivity index (χ3n) is 3.32. The van der Waals surface area contributed by atoms with Crippen molar-refractivity contribution < 1.29 is 9.15 Å². The number of anilines is 2. The van der Waals surface area contributed by atoms with E-state index < -0.39 is 0 Å². The van der Waals surface area contributed by atoms with E-state index in [2.05, 4.69) is 15.2 Å². The van der Waals surface area contributed by atoms with E-state index in [1.165, 1.54) is 6.39 Å². The Kier molecular flexibility index (Phi) is 4.03. The van der Waals surface area contributed by atoms with E-state index in [0.29, 0.717) is 5.76 Å². The number of hydrogen-bond acceptors (Lipinski definition) is 5. The zero-order valence-electron chi connectivity index (χ0n) is 11.4. The second kappa shape index (κ2) is 6.11. The number of morpholine rings is 1. The van der Waals surface area contributed by atoms with Crippen LogP contribution in [0.3, 0.4) is 0 Å². The van der Waals surface area contributed by atoms with Crippen LogP contribution in [0.2, 0.25) is 0 Å². The molecule has 1 saturated heterocycles. The van der Waals surface area contributed by atoms with E-state index in [1.807, 2.05) is 18.2 Å². The summed E-state index contributed by atoms with van der Waals surface area (Å²) in [4.78, 5) is 6.18. The van der Waals surface area contributed by atoms with Crippen molar-refractivity contribution in [3.8, 4) is 11.3 Å². The number of ether oxygens (including phenoxy) is 1. The Morgan fingerprint density at radius 2 is 2.14 bits per heavy atom. The first-order valence-electron chi connectivity index (χ1n) is 6.66. The van der Waals surface area contributed by atoms with Gasteiger partial charge in [-0.15, -0.1) is 0 Å². The van der Waals surface area contributed by atoms with Crippen LogP contribution < -0.4 is 16.0 Å². The molecule has 7 heteroatoms. The summed E-state index contributed by atoms with van der Waals surface area (Å²) in [5, 5.41) is 3.27. The minimum absolute atomic E-state index is 0.235. The van der Waals surface area contributed by atoms with Gasteiger partial charge in [-0.2, -0.15) is 0 Å². The Hall–Kier alpha value is -2.12. The van der Waals surface area contributed by atoms with Crippen molar-refractivity contribution in [3.05, 3.63) is 30.8 Å². The fourth-order valence-corrected chi connectivity index (χ4v) is 2.47. The zero-order valence-corrected chi connectivity index (χ0v) is 12.2. The molecule has 6 nitrogen and oxygen atoms in total. The van der Waals surface area contributed by atoms with Crippen molar-refractivity contribution in [2.24, 2.45) is 5.73 Å². The summed E-state index contributed by atoms with van der Waals surface area (Å²) >= 11 is 4.97. The second-order valence-corrected chi connectivity index (χ2v) is 5.13. The summed E-state index contributed by atoms with van der Waals surface area (Å²) < 4.78 is 10.7. The molecule has 0 radical (unpaired) electrons. The van der Waals surface area contributed by atoms with Gasteiger partial charge in [0.15, 0.2) is 17.3 Å². The van der Waals surface area contributed by atoms with Gasteiger partial charge in [-0.3, -0.25) is 0 Å². The standard InChI is InChI=1S/C14H16N4O2S/c15-14(21)17-11-7-10(13-8-16-9-20-13)1-2-12(11)18-3-5-19-6-4-18/h1-2,7-9H,3-6H2,(H3,15,17,21). The van der Waals surface area contributed by atoms with Crippen molar-refractivity contribution >= 4 is 28.7 Å². The summed E-state index contributed by atoms with van der Waals surface area (Å²) in [5.74, 6) is 0.703. The normalized spacial score (nSPS) is 15.0. The van der Waals surface area contributed by atoms with Crippen LogP contribution in [0.15, 0.2) is 35.2 Å². The van der Waals surface area contributed by atoms with E-state index in [9.17, 15) is 0 Å². The van der Waals surface area contributed by atoms with Crippen LogP contribution in [0.4, 0.5) is 11.4 Å². The van der Waals surface area contributed by atoms with Crippen LogP contribution in [0.1, 0.15) is 0 Å². The highest BCUT2D eigenvalue weighted by Gasteiger charge is 2.16. The third-order valence-corrected chi connectivity index (χ3v) is 3.43. The van der Waals surface area contributed by atoms with Crippen molar-refractivity contribution in [3.63, 3.8) is 0 Å². The molecule has 110 valence electrons. The number of benzene rings is 1. The van der Waals surface area contributed by atoms with Crippen LogP contribution in [0.5, 0.6) is 0 Å². The SMILES string of the molecule is NC(=S)Nc1cc(-c2cnco2)ccc1N1CCOCC1. The Labute approximate surface area is 127 Å². The molecule has 3 rings (SSSR count). The lowest BCUT2D eigenvalue weighted by Crippen LogP contribution is -2.37. The van der Waals surface area contributed by atoms with Crippen LogP contribution in [0, 0.1) is 0 Å². The molecule has 0 bridgehead atoms. The Morgan fingerprint density at radius 3 is 2.81 bits per heavy atom. The van der Waals surface area contributed by atoms with Gasteiger partial charge in [0.1, 0.15) is 0 Å². The minimum atomic E-state index is 0.235. The largest absolute Gasteiger partial charge is 0.444 e. The number of aromatic nitrogens is 1. The van der Waals surface area contributed by atoms with Crippen molar-refractivity contribution in [1.29, 1.82) is 0 Å². The summed E-state index contributed by atoms with van der Waals surface area (Å²) in [5.41, 5.74) is 8.46. The molecular formula is C14H16N4O2S. The molecule has 0 aliphatic carbocycles. The first kappa shape index (κ1) is 13.8. The van der Waals surface area contributed by atoms with Gasteiger partial charge in [-0.1, -0.05) is 0 Å². The molecule has 2 aromatic rings. The fraction of sp³-hybridized carbons (Fsp3) is 0.286. The second-order valence-electron chi connectivity index (χ2n) is 4.69. The fourth-order valence-electron chi connectivity index (χ4n) is 2.36. The topological polar surface area (TPSA) is 76.5 Å². The van der Waals surface area contributed by atoms with Crippen molar-refractivity contribution in [1.82, 2.24) is 4.98 Å². The van der Waals surface area contributed by atoms with E-state index in [-0.39, 0.29) is 5.11 Å². The molecule has 0 atom stereocenters. The number of oxazole rings is 1. The van der Waals surface area contributed by atoms with Gasteiger partial charge in [0, 0.05) is 18.7 Å². The summed E-state index contributed by atoms with van der Waals surface area (Å²) in [7, 11) is 0.